The third-order valence-corrected chi connectivity index (χ3v) is 2.30. The minimum Gasteiger partial charge on any atom is -0.398 e. The highest BCUT2D eigenvalue weighted by atomic mass is 35.5. The molecular formula is C8H9ClFN. The molecule has 1 rings (SSSR count). The summed E-state index contributed by atoms with van der Waals surface area (Å²) in [5, 5.41) is 0.419. The highest BCUT2D eigenvalue weighted by Crippen LogP contribution is 2.27. The van der Waals surface area contributed by atoms with Crippen molar-refractivity contribution in [2.45, 2.75) is 13.8 Å². The summed E-state index contributed by atoms with van der Waals surface area (Å²) in [7, 11) is 0. The number of hydrogen-bond donors (Lipinski definition) is 1. The summed E-state index contributed by atoms with van der Waals surface area (Å²) in [5.74, 6) is -0.349. The Labute approximate surface area is 70.0 Å². The summed E-state index contributed by atoms with van der Waals surface area (Å²) in [4.78, 5) is 0. The number of rotatable bonds is 0. The first-order valence-corrected chi connectivity index (χ1v) is 3.62. The Hall–Kier alpha value is -0.760. The molecule has 0 aliphatic heterocycles. The monoisotopic (exact) mass is 173 g/mol. The molecule has 60 valence electrons. The maximum absolute atomic E-state index is 12.9. The molecule has 0 aliphatic carbocycles. The first-order chi connectivity index (χ1) is 5.04. The fraction of sp³-hybridized carbons (Fsp3) is 0.250. The van der Waals surface area contributed by atoms with Crippen LogP contribution in [0.25, 0.3) is 0 Å². The number of hydrogen-bond acceptors (Lipinski definition) is 1. The van der Waals surface area contributed by atoms with Gasteiger partial charge in [0.2, 0.25) is 0 Å². The molecule has 0 saturated carbocycles. The summed E-state index contributed by atoms with van der Waals surface area (Å²) in [5.41, 5.74) is 7.07. The number of anilines is 1. The van der Waals surface area contributed by atoms with E-state index in [0.29, 0.717) is 16.3 Å². The Balaban J connectivity index is 3.46. The molecule has 1 nitrogen and oxygen atoms in total. The van der Waals surface area contributed by atoms with Crippen molar-refractivity contribution >= 4 is 17.3 Å². The first-order valence-electron chi connectivity index (χ1n) is 3.24. The summed E-state index contributed by atoms with van der Waals surface area (Å²) in [6, 6.07) is 1.29. The highest BCUT2D eigenvalue weighted by molar-refractivity contribution is 6.32. The van der Waals surface area contributed by atoms with E-state index in [-0.39, 0.29) is 5.82 Å². The number of nitrogens with two attached hydrogens (primary N) is 1. The van der Waals surface area contributed by atoms with Crippen molar-refractivity contribution in [3.63, 3.8) is 0 Å². The second-order valence-electron chi connectivity index (χ2n) is 2.51. The molecule has 0 amide bonds. The quantitative estimate of drug-likeness (QED) is 0.600. The highest BCUT2D eigenvalue weighted by Gasteiger charge is 2.07. The molecule has 1 aromatic carbocycles. The molecule has 0 radical (unpaired) electrons. The van der Waals surface area contributed by atoms with E-state index in [2.05, 4.69) is 0 Å². The van der Waals surface area contributed by atoms with Crippen molar-refractivity contribution < 1.29 is 4.39 Å². The van der Waals surface area contributed by atoms with Gasteiger partial charge in [-0.2, -0.15) is 0 Å². The predicted octanol–water partition coefficient (Wildman–Crippen LogP) is 2.68. The maximum Gasteiger partial charge on any atom is 0.129 e. The molecule has 1 aromatic rings. The predicted molar refractivity (Wildman–Crippen MR) is 45.3 cm³/mol. The molecule has 0 aliphatic rings. The lowest BCUT2D eigenvalue weighted by atomic mass is 10.1. The van der Waals surface area contributed by atoms with Crippen LogP contribution in [0, 0.1) is 19.7 Å². The smallest absolute Gasteiger partial charge is 0.129 e. The lowest BCUT2D eigenvalue weighted by Gasteiger charge is -2.06. The zero-order valence-electron chi connectivity index (χ0n) is 6.41. The molecule has 0 fully saturated rings. The van der Waals surface area contributed by atoms with E-state index in [1.54, 1.807) is 13.8 Å². The van der Waals surface area contributed by atoms with Gasteiger partial charge in [0.15, 0.2) is 0 Å². The second-order valence-corrected chi connectivity index (χ2v) is 2.89. The molecule has 3 heteroatoms. The van der Waals surface area contributed by atoms with Crippen molar-refractivity contribution in [3.8, 4) is 0 Å². The van der Waals surface area contributed by atoms with Gasteiger partial charge in [-0.05, 0) is 25.5 Å². The van der Waals surface area contributed by atoms with E-state index in [4.69, 9.17) is 17.3 Å². The van der Waals surface area contributed by atoms with E-state index in [9.17, 15) is 4.39 Å². The lowest BCUT2D eigenvalue weighted by Crippen LogP contribution is -1.95. The van der Waals surface area contributed by atoms with Crippen LogP contribution in [0.15, 0.2) is 6.07 Å². The van der Waals surface area contributed by atoms with Crippen LogP contribution < -0.4 is 5.73 Å². The second kappa shape index (κ2) is 2.70. The summed E-state index contributed by atoms with van der Waals surface area (Å²) in [6.45, 7) is 3.40. The van der Waals surface area contributed by atoms with Gasteiger partial charge in [0.05, 0.1) is 5.02 Å². The molecule has 2 N–H and O–H groups in total. The molecule has 0 atom stereocenters. The van der Waals surface area contributed by atoms with Gasteiger partial charge in [-0.1, -0.05) is 11.6 Å². The molecule has 0 spiro atoms. The molecule has 0 unspecified atom stereocenters. The van der Waals surface area contributed by atoms with Crippen LogP contribution in [0.2, 0.25) is 5.02 Å². The summed E-state index contributed by atoms with van der Waals surface area (Å²) < 4.78 is 12.9. The first kappa shape index (κ1) is 8.34. The minimum atomic E-state index is -0.349. The van der Waals surface area contributed by atoms with Crippen molar-refractivity contribution in [1.29, 1.82) is 0 Å². The van der Waals surface area contributed by atoms with Crippen molar-refractivity contribution in [2.24, 2.45) is 0 Å². The van der Waals surface area contributed by atoms with E-state index < -0.39 is 0 Å². The van der Waals surface area contributed by atoms with E-state index in [1.165, 1.54) is 6.07 Å². The third kappa shape index (κ3) is 1.31. The Morgan fingerprint density at radius 1 is 1.36 bits per heavy atom. The minimum absolute atomic E-state index is 0.349. The Bertz CT molecular complexity index is 270. The average molecular weight is 174 g/mol. The van der Waals surface area contributed by atoms with Crippen LogP contribution in [0.1, 0.15) is 11.1 Å². The topological polar surface area (TPSA) is 26.0 Å². The van der Waals surface area contributed by atoms with Crippen LogP contribution in [-0.2, 0) is 0 Å². The molecule has 0 bridgehead atoms. The van der Waals surface area contributed by atoms with Gasteiger partial charge in [-0.15, -0.1) is 0 Å². The van der Waals surface area contributed by atoms with E-state index >= 15 is 0 Å². The molecule has 0 heterocycles. The maximum atomic E-state index is 12.9. The number of benzene rings is 1. The molecular weight excluding hydrogens is 165 g/mol. The van der Waals surface area contributed by atoms with Crippen LogP contribution in [-0.4, -0.2) is 0 Å². The molecule has 0 aromatic heterocycles. The molecule has 11 heavy (non-hydrogen) atoms. The van der Waals surface area contributed by atoms with Crippen molar-refractivity contribution in [2.75, 3.05) is 5.73 Å². The van der Waals surface area contributed by atoms with Crippen LogP contribution in [0.5, 0.6) is 0 Å². The summed E-state index contributed by atoms with van der Waals surface area (Å²) in [6.07, 6.45) is 0. The Morgan fingerprint density at radius 3 is 2.45 bits per heavy atom. The fourth-order valence-corrected chi connectivity index (χ4v) is 1.07. The van der Waals surface area contributed by atoms with Gasteiger partial charge in [-0.25, -0.2) is 4.39 Å². The van der Waals surface area contributed by atoms with Crippen LogP contribution in [0.4, 0.5) is 10.1 Å². The lowest BCUT2D eigenvalue weighted by molar-refractivity contribution is 0.619. The Morgan fingerprint density at radius 2 is 1.91 bits per heavy atom. The van der Waals surface area contributed by atoms with Crippen molar-refractivity contribution in [1.82, 2.24) is 0 Å². The normalized spacial score (nSPS) is 10.2. The van der Waals surface area contributed by atoms with E-state index in [1.807, 2.05) is 0 Å². The summed E-state index contributed by atoms with van der Waals surface area (Å²) >= 11 is 5.77. The van der Waals surface area contributed by atoms with Crippen molar-refractivity contribution in [3.05, 3.63) is 28.0 Å². The zero-order valence-corrected chi connectivity index (χ0v) is 7.17. The average Bonchev–Trinajstić information content (AvgIpc) is 1.97. The van der Waals surface area contributed by atoms with Gasteiger partial charge in [-0.3, -0.25) is 0 Å². The number of halogens is 2. The Kier molecular flexibility index (Phi) is 2.05. The standard InChI is InChI=1S/C8H9ClFN/c1-4-6(10)3-7(11)5(2)8(4)9/h3H,11H2,1-2H3. The van der Waals surface area contributed by atoms with Gasteiger partial charge < -0.3 is 5.73 Å². The van der Waals surface area contributed by atoms with Gasteiger partial charge in [0.1, 0.15) is 5.82 Å². The van der Waals surface area contributed by atoms with Crippen LogP contribution in [0.3, 0.4) is 0 Å². The largest absolute Gasteiger partial charge is 0.398 e. The third-order valence-electron chi connectivity index (χ3n) is 1.73. The van der Waals surface area contributed by atoms with Crippen LogP contribution >= 0.6 is 11.6 Å². The van der Waals surface area contributed by atoms with Gasteiger partial charge in [0, 0.05) is 11.3 Å². The van der Waals surface area contributed by atoms with E-state index in [0.717, 1.165) is 5.56 Å². The zero-order chi connectivity index (χ0) is 8.59. The van der Waals surface area contributed by atoms with Gasteiger partial charge in [0.25, 0.3) is 0 Å². The number of nitrogen functional groups attached to an aromatic ring is 1. The van der Waals surface area contributed by atoms with Gasteiger partial charge >= 0.3 is 0 Å². The fourth-order valence-electron chi connectivity index (χ4n) is 0.866. The molecule has 0 saturated heterocycles. The SMILES string of the molecule is Cc1c(N)cc(F)c(C)c1Cl.